The number of H-pyrrole nitrogens is 1. The second-order valence-corrected chi connectivity index (χ2v) is 10.1. The molecule has 0 saturated heterocycles. The minimum atomic E-state index is -0.581. The molecule has 1 unspecified atom stereocenters. The van der Waals surface area contributed by atoms with Crippen molar-refractivity contribution in [1.82, 2.24) is 30.1 Å². The van der Waals surface area contributed by atoms with Gasteiger partial charge in [0.05, 0.1) is 26.5 Å². The van der Waals surface area contributed by atoms with Crippen LogP contribution in [0.25, 0.3) is 10.9 Å². The molecule has 1 N–H and O–H groups in total. The van der Waals surface area contributed by atoms with Gasteiger partial charge in [-0.25, -0.2) is 4.68 Å². The summed E-state index contributed by atoms with van der Waals surface area (Å²) in [4.78, 5) is 19.0. The molecule has 0 saturated carbocycles. The molecule has 0 aliphatic rings. The van der Waals surface area contributed by atoms with Gasteiger partial charge in [0.25, 0.3) is 5.56 Å². The summed E-state index contributed by atoms with van der Waals surface area (Å²) in [6.07, 6.45) is 1.66. The average molecular weight is 547 g/mol. The van der Waals surface area contributed by atoms with Gasteiger partial charge in [0.1, 0.15) is 17.6 Å². The van der Waals surface area contributed by atoms with Gasteiger partial charge in [-0.05, 0) is 76.3 Å². The summed E-state index contributed by atoms with van der Waals surface area (Å²) >= 11 is 0. The first kappa shape index (κ1) is 26.2. The summed E-state index contributed by atoms with van der Waals surface area (Å²) in [5.41, 5.74) is 4.34. The molecule has 206 valence electrons. The molecule has 3 aromatic carbocycles. The normalized spacial score (nSPS) is 12.2. The van der Waals surface area contributed by atoms with E-state index in [4.69, 9.17) is 9.15 Å². The fraction of sp³-hybridized carbons (Fsp3) is 0.188. The second-order valence-electron chi connectivity index (χ2n) is 10.1. The van der Waals surface area contributed by atoms with E-state index in [2.05, 4.69) is 43.6 Å². The summed E-state index contributed by atoms with van der Waals surface area (Å²) in [6, 6.07) is 29.1. The lowest BCUT2D eigenvalue weighted by atomic mass is 10.0. The van der Waals surface area contributed by atoms with E-state index in [9.17, 15) is 4.79 Å². The average Bonchev–Trinajstić information content (AvgIpc) is 3.67. The van der Waals surface area contributed by atoms with Crippen molar-refractivity contribution in [2.45, 2.75) is 32.6 Å². The van der Waals surface area contributed by atoms with Gasteiger partial charge < -0.3 is 14.1 Å². The van der Waals surface area contributed by atoms with E-state index in [0.717, 1.165) is 39.1 Å². The fourth-order valence-electron chi connectivity index (χ4n) is 5.13. The predicted molar refractivity (Wildman–Crippen MR) is 155 cm³/mol. The predicted octanol–water partition coefficient (Wildman–Crippen LogP) is 5.26. The van der Waals surface area contributed by atoms with Gasteiger partial charge in [-0.15, -0.1) is 5.10 Å². The number of aryl methyl sites for hydroxylation is 1. The number of aromatic nitrogens is 5. The Hall–Kier alpha value is -5.02. The number of hydrogen-bond acceptors (Lipinski definition) is 7. The van der Waals surface area contributed by atoms with Crippen molar-refractivity contribution in [3.63, 3.8) is 0 Å². The number of pyridine rings is 1. The molecule has 0 bridgehead atoms. The number of benzene rings is 3. The topological polar surface area (TPSA) is 102 Å². The summed E-state index contributed by atoms with van der Waals surface area (Å²) in [5.74, 6) is 2.10. The summed E-state index contributed by atoms with van der Waals surface area (Å²) in [6.45, 7) is 3.43. The van der Waals surface area contributed by atoms with Crippen molar-refractivity contribution in [2.24, 2.45) is 0 Å². The van der Waals surface area contributed by atoms with Gasteiger partial charge in [-0.1, -0.05) is 54.1 Å². The lowest BCUT2D eigenvalue weighted by molar-refractivity contribution is 0.179. The highest BCUT2D eigenvalue weighted by Gasteiger charge is 2.31. The van der Waals surface area contributed by atoms with Gasteiger partial charge in [0, 0.05) is 17.6 Å². The summed E-state index contributed by atoms with van der Waals surface area (Å²) in [7, 11) is 1.64. The number of rotatable bonds is 10. The molecule has 0 amide bonds. The number of aromatic amines is 1. The van der Waals surface area contributed by atoms with Crippen LogP contribution in [0.1, 0.15) is 39.9 Å². The fourth-order valence-corrected chi connectivity index (χ4v) is 5.13. The molecule has 0 aliphatic heterocycles. The molecular formula is C32H30N6O3. The minimum Gasteiger partial charge on any atom is -0.497 e. The first-order valence-corrected chi connectivity index (χ1v) is 13.4. The van der Waals surface area contributed by atoms with Crippen LogP contribution in [-0.4, -0.2) is 37.2 Å². The van der Waals surface area contributed by atoms with Crippen LogP contribution in [0.2, 0.25) is 0 Å². The Balaban J connectivity index is 1.50. The molecular weight excluding hydrogens is 516 g/mol. The van der Waals surface area contributed by atoms with Crippen LogP contribution in [0.15, 0.2) is 106 Å². The van der Waals surface area contributed by atoms with E-state index in [1.165, 1.54) is 0 Å². The van der Waals surface area contributed by atoms with E-state index in [1.807, 2.05) is 79.7 Å². The number of nitrogens with zero attached hydrogens (tertiary/aromatic N) is 5. The number of tetrazole rings is 1. The van der Waals surface area contributed by atoms with E-state index < -0.39 is 6.04 Å². The number of ether oxygens (including phenoxy) is 1. The van der Waals surface area contributed by atoms with Gasteiger partial charge in [-0.3, -0.25) is 9.69 Å². The Bertz CT molecular complexity index is 1790. The van der Waals surface area contributed by atoms with E-state index in [1.54, 1.807) is 18.1 Å². The monoisotopic (exact) mass is 546 g/mol. The molecule has 9 nitrogen and oxygen atoms in total. The first-order chi connectivity index (χ1) is 20.1. The van der Waals surface area contributed by atoms with Crippen LogP contribution in [0.5, 0.6) is 5.75 Å². The van der Waals surface area contributed by atoms with Crippen LogP contribution in [0, 0.1) is 6.92 Å². The zero-order chi connectivity index (χ0) is 28.2. The molecule has 0 aliphatic carbocycles. The first-order valence-electron chi connectivity index (χ1n) is 13.4. The molecule has 0 fully saturated rings. The number of hydrogen-bond donors (Lipinski definition) is 1. The lowest BCUT2D eigenvalue weighted by Gasteiger charge is -2.30. The van der Waals surface area contributed by atoms with Crippen molar-refractivity contribution in [2.75, 3.05) is 7.11 Å². The van der Waals surface area contributed by atoms with Gasteiger partial charge in [0.15, 0.2) is 5.82 Å². The van der Waals surface area contributed by atoms with Crippen molar-refractivity contribution in [3.8, 4) is 5.75 Å². The molecule has 9 heteroatoms. The number of nitrogens with one attached hydrogen (secondary N) is 1. The smallest absolute Gasteiger partial charge is 0.253 e. The van der Waals surface area contributed by atoms with Crippen molar-refractivity contribution in [3.05, 3.63) is 141 Å². The van der Waals surface area contributed by atoms with Crippen LogP contribution in [-0.2, 0) is 19.6 Å². The van der Waals surface area contributed by atoms with Gasteiger partial charge in [0.2, 0.25) is 0 Å². The Morgan fingerprint density at radius 3 is 2.54 bits per heavy atom. The molecule has 41 heavy (non-hydrogen) atoms. The Kier molecular flexibility index (Phi) is 7.42. The molecule has 6 rings (SSSR count). The third-order valence-electron chi connectivity index (χ3n) is 7.15. The summed E-state index contributed by atoms with van der Waals surface area (Å²) in [5, 5.41) is 13.9. The van der Waals surface area contributed by atoms with E-state index >= 15 is 0 Å². The van der Waals surface area contributed by atoms with Crippen LogP contribution in [0.3, 0.4) is 0 Å². The zero-order valence-electron chi connectivity index (χ0n) is 22.9. The second kappa shape index (κ2) is 11.6. The Labute approximate surface area is 237 Å². The van der Waals surface area contributed by atoms with Crippen molar-refractivity contribution >= 4 is 10.9 Å². The quantitative estimate of drug-likeness (QED) is 0.250. The highest BCUT2D eigenvalue weighted by molar-refractivity contribution is 5.79. The molecule has 6 aromatic rings. The Morgan fingerprint density at radius 2 is 1.78 bits per heavy atom. The molecule has 1 atom stereocenters. The minimum absolute atomic E-state index is 0.192. The molecule has 3 heterocycles. The van der Waals surface area contributed by atoms with E-state index in [-0.39, 0.29) is 5.56 Å². The maximum Gasteiger partial charge on any atom is 0.253 e. The van der Waals surface area contributed by atoms with Gasteiger partial charge in [-0.2, -0.15) is 0 Å². The number of methoxy groups -OCH3 is 1. The summed E-state index contributed by atoms with van der Waals surface area (Å²) < 4.78 is 12.8. The molecule has 0 radical (unpaired) electrons. The van der Waals surface area contributed by atoms with Crippen molar-refractivity contribution < 1.29 is 9.15 Å². The zero-order valence-corrected chi connectivity index (χ0v) is 22.9. The maximum absolute atomic E-state index is 13.8. The highest BCUT2D eigenvalue weighted by atomic mass is 16.5. The highest BCUT2D eigenvalue weighted by Crippen LogP contribution is 2.30. The number of furan rings is 1. The van der Waals surface area contributed by atoms with Crippen molar-refractivity contribution in [1.29, 1.82) is 0 Å². The number of fused-ring (bicyclic) bond motifs is 1. The standard InChI is InChI=1S/C32H30N6O3/c1-22-10-15-29-25(17-22)18-28(32(39)33-29)30(31-34-35-36-38(31)20-24-11-13-26(40-2)14-12-24)37(21-27-9-6-16-41-27)19-23-7-4-3-5-8-23/h3-18,30H,19-21H2,1-2H3,(H,33,39). The van der Waals surface area contributed by atoms with Crippen LogP contribution < -0.4 is 10.3 Å². The maximum atomic E-state index is 13.8. The lowest BCUT2D eigenvalue weighted by Crippen LogP contribution is -2.34. The van der Waals surface area contributed by atoms with Crippen LogP contribution >= 0.6 is 0 Å². The third kappa shape index (κ3) is 5.80. The van der Waals surface area contributed by atoms with Gasteiger partial charge >= 0.3 is 0 Å². The molecule has 0 spiro atoms. The largest absolute Gasteiger partial charge is 0.497 e. The SMILES string of the molecule is COc1ccc(Cn2nnnc2C(c2cc3cc(C)ccc3[nH]c2=O)N(Cc2ccccc2)Cc2ccco2)cc1. The van der Waals surface area contributed by atoms with Crippen LogP contribution in [0.4, 0.5) is 0 Å². The third-order valence-corrected chi connectivity index (χ3v) is 7.15. The molecule has 3 aromatic heterocycles. The van der Waals surface area contributed by atoms with E-state index in [0.29, 0.717) is 31.0 Å². The Morgan fingerprint density at radius 1 is 0.951 bits per heavy atom.